The Labute approximate surface area is 163 Å². The number of piperazine rings is 1. The zero-order chi connectivity index (χ0) is 19.4. The molecule has 27 heavy (non-hydrogen) atoms. The Kier molecular flexibility index (Phi) is 6.39. The molecule has 0 saturated carbocycles. The van der Waals surface area contributed by atoms with Gasteiger partial charge in [0.25, 0.3) is 0 Å². The molecular weight excluding hydrogens is 428 g/mol. The van der Waals surface area contributed by atoms with Gasteiger partial charge in [0, 0.05) is 44.8 Å². The molecule has 146 valence electrons. The lowest BCUT2D eigenvalue weighted by molar-refractivity contribution is -0.274. The molecule has 0 radical (unpaired) electrons. The van der Waals surface area contributed by atoms with Gasteiger partial charge in [0.15, 0.2) is 0 Å². The van der Waals surface area contributed by atoms with Crippen LogP contribution in [0.1, 0.15) is 11.1 Å². The zero-order valence-corrected chi connectivity index (χ0v) is 16.1. The van der Waals surface area contributed by atoms with Gasteiger partial charge in [-0.25, -0.2) is 4.39 Å². The first-order valence-corrected chi connectivity index (χ1v) is 9.32. The summed E-state index contributed by atoms with van der Waals surface area (Å²) in [5, 5.41) is 0. The normalized spacial score (nSPS) is 16.5. The molecule has 1 saturated heterocycles. The molecule has 0 aromatic heterocycles. The van der Waals surface area contributed by atoms with Crippen LogP contribution in [-0.4, -0.2) is 42.3 Å². The van der Waals surface area contributed by atoms with Crippen LogP contribution >= 0.6 is 15.9 Å². The van der Waals surface area contributed by atoms with Gasteiger partial charge in [-0.15, -0.1) is 13.2 Å². The molecular formula is C19H19BrF4N2O. The van der Waals surface area contributed by atoms with Gasteiger partial charge in [-0.2, -0.15) is 0 Å². The Morgan fingerprint density at radius 2 is 1.48 bits per heavy atom. The summed E-state index contributed by atoms with van der Waals surface area (Å²) in [6.45, 7) is 4.46. The Balaban J connectivity index is 1.49. The quantitative estimate of drug-likeness (QED) is 0.613. The van der Waals surface area contributed by atoms with Crippen LogP contribution in [0.3, 0.4) is 0 Å². The number of halogens is 5. The zero-order valence-electron chi connectivity index (χ0n) is 14.5. The lowest BCUT2D eigenvalue weighted by atomic mass is 10.1. The Bertz CT molecular complexity index is 759. The van der Waals surface area contributed by atoms with Crippen LogP contribution in [0.4, 0.5) is 17.6 Å². The highest BCUT2D eigenvalue weighted by atomic mass is 79.9. The van der Waals surface area contributed by atoms with Crippen LogP contribution in [0.25, 0.3) is 0 Å². The van der Waals surface area contributed by atoms with Crippen molar-refractivity contribution < 1.29 is 22.3 Å². The summed E-state index contributed by atoms with van der Waals surface area (Å²) in [6, 6.07) is 11.2. The average Bonchev–Trinajstić information content (AvgIpc) is 2.61. The first-order valence-electron chi connectivity index (χ1n) is 8.52. The fourth-order valence-corrected chi connectivity index (χ4v) is 3.48. The van der Waals surface area contributed by atoms with Crippen molar-refractivity contribution in [2.45, 2.75) is 19.5 Å². The SMILES string of the molecule is Fc1c(Br)cccc1CN1CCN(Cc2ccc(OC(F)(F)F)cc2)CC1. The molecule has 8 heteroatoms. The van der Waals surface area contributed by atoms with Crippen LogP contribution in [0.5, 0.6) is 5.75 Å². The number of hydrogen-bond donors (Lipinski definition) is 0. The van der Waals surface area contributed by atoms with Gasteiger partial charge in [0.05, 0.1) is 4.47 Å². The molecule has 0 N–H and O–H groups in total. The van der Waals surface area contributed by atoms with Crippen molar-refractivity contribution in [1.82, 2.24) is 9.80 Å². The number of benzene rings is 2. The molecule has 0 atom stereocenters. The number of ether oxygens (including phenoxy) is 1. The summed E-state index contributed by atoms with van der Waals surface area (Å²) in [5.41, 5.74) is 1.59. The maximum absolute atomic E-state index is 14.1. The summed E-state index contributed by atoms with van der Waals surface area (Å²) in [6.07, 6.45) is -4.67. The van der Waals surface area contributed by atoms with E-state index in [1.165, 1.54) is 12.1 Å². The number of hydrogen-bond acceptors (Lipinski definition) is 3. The molecule has 0 aliphatic carbocycles. The van der Waals surface area contributed by atoms with Crippen molar-refractivity contribution in [3.8, 4) is 5.75 Å². The number of alkyl halides is 3. The van der Waals surface area contributed by atoms with Crippen molar-refractivity contribution in [3.05, 3.63) is 63.9 Å². The Hall–Kier alpha value is -1.64. The summed E-state index contributed by atoms with van der Waals surface area (Å²) >= 11 is 3.21. The second-order valence-corrected chi connectivity index (χ2v) is 7.31. The van der Waals surface area contributed by atoms with E-state index in [-0.39, 0.29) is 11.6 Å². The molecule has 1 aliphatic rings. The minimum atomic E-state index is -4.67. The highest BCUT2D eigenvalue weighted by Crippen LogP contribution is 2.24. The van der Waals surface area contributed by atoms with Gasteiger partial charge < -0.3 is 4.74 Å². The van der Waals surface area contributed by atoms with Gasteiger partial charge in [0.2, 0.25) is 0 Å². The van der Waals surface area contributed by atoms with Crippen LogP contribution in [-0.2, 0) is 13.1 Å². The summed E-state index contributed by atoms with van der Waals surface area (Å²) in [5.74, 6) is -0.437. The maximum atomic E-state index is 14.1. The van der Waals surface area contributed by atoms with Gasteiger partial charge >= 0.3 is 6.36 Å². The minimum Gasteiger partial charge on any atom is -0.406 e. The first kappa shape index (κ1) is 20.1. The third kappa shape index (κ3) is 5.92. The van der Waals surface area contributed by atoms with Gasteiger partial charge in [-0.05, 0) is 39.7 Å². The van der Waals surface area contributed by atoms with Crippen molar-refractivity contribution in [3.63, 3.8) is 0 Å². The molecule has 3 nitrogen and oxygen atoms in total. The minimum absolute atomic E-state index is 0.216. The van der Waals surface area contributed by atoms with Crippen molar-refractivity contribution >= 4 is 15.9 Å². The molecule has 0 amide bonds. The number of rotatable bonds is 5. The standard InChI is InChI=1S/C19H19BrF4N2O/c20-17-3-1-2-15(18(17)21)13-26-10-8-25(9-11-26)12-14-4-6-16(7-5-14)27-19(22,23)24/h1-7H,8-13H2. The summed E-state index contributed by atoms with van der Waals surface area (Å²) in [4.78, 5) is 4.43. The fraction of sp³-hybridized carbons (Fsp3) is 0.368. The second kappa shape index (κ2) is 8.58. The van der Waals surface area contributed by atoms with E-state index < -0.39 is 6.36 Å². The molecule has 0 unspecified atom stereocenters. The van der Waals surface area contributed by atoms with E-state index in [1.54, 1.807) is 24.3 Å². The van der Waals surface area contributed by atoms with Crippen molar-refractivity contribution in [2.75, 3.05) is 26.2 Å². The molecule has 2 aromatic carbocycles. The summed E-state index contributed by atoms with van der Waals surface area (Å²) in [7, 11) is 0. The Morgan fingerprint density at radius 3 is 2.07 bits per heavy atom. The van der Waals surface area contributed by atoms with E-state index in [9.17, 15) is 17.6 Å². The second-order valence-electron chi connectivity index (χ2n) is 6.46. The lowest BCUT2D eigenvalue weighted by Crippen LogP contribution is -2.45. The molecule has 0 bridgehead atoms. The van der Waals surface area contributed by atoms with E-state index in [0.29, 0.717) is 23.1 Å². The highest BCUT2D eigenvalue weighted by Gasteiger charge is 2.31. The maximum Gasteiger partial charge on any atom is 0.573 e. The van der Waals surface area contributed by atoms with Crippen molar-refractivity contribution in [2.24, 2.45) is 0 Å². The van der Waals surface area contributed by atoms with Crippen LogP contribution in [0.15, 0.2) is 46.9 Å². The molecule has 1 heterocycles. The third-order valence-electron chi connectivity index (χ3n) is 4.45. The van der Waals surface area contributed by atoms with Crippen LogP contribution < -0.4 is 4.74 Å². The van der Waals surface area contributed by atoms with E-state index >= 15 is 0 Å². The van der Waals surface area contributed by atoms with E-state index in [0.717, 1.165) is 31.7 Å². The smallest absolute Gasteiger partial charge is 0.406 e. The predicted molar refractivity (Wildman–Crippen MR) is 97.8 cm³/mol. The first-order chi connectivity index (χ1) is 12.8. The third-order valence-corrected chi connectivity index (χ3v) is 5.07. The van der Waals surface area contributed by atoms with E-state index in [1.807, 2.05) is 6.07 Å². The largest absolute Gasteiger partial charge is 0.573 e. The van der Waals surface area contributed by atoms with Crippen molar-refractivity contribution in [1.29, 1.82) is 0 Å². The van der Waals surface area contributed by atoms with Crippen LogP contribution in [0.2, 0.25) is 0 Å². The summed E-state index contributed by atoms with van der Waals surface area (Å²) < 4.78 is 55.0. The monoisotopic (exact) mass is 446 g/mol. The fourth-order valence-electron chi connectivity index (χ4n) is 3.07. The van der Waals surface area contributed by atoms with E-state index in [2.05, 4.69) is 30.5 Å². The molecule has 2 aromatic rings. The lowest BCUT2D eigenvalue weighted by Gasteiger charge is -2.34. The molecule has 0 spiro atoms. The topological polar surface area (TPSA) is 15.7 Å². The van der Waals surface area contributed by atoms with Gasteiger partial charge in [-0.3, -0.25) is 9.80 Å². The highest BCUT2D eigenvalue weighted by molar-refractivity contribution is 9.10. The number of nitrogens with zero attached hydrogens (tertiary/aromatic N) is 2. The predicted octanol–water partition coefficient (Wildman–Crippen LogP) is 4.80. The van der Waals surface area contributed by atoms with Crippen LogP contribution in [0, 0.1) is 5.82 Å². The van der Waals surface area contributed by atoms with Gasteiger partial charge in [0.1, 0.15) is 11.6 Å². The Morgan fingerprint density at radius 1 is 0.889 bits per heavy atom. The molecule has 3 rings (SSSR count). The molecule has 1 fully saturated rings. The molecule has 1 aliphatic heterocycles. The van der Waals surface area contributed by atoms with E-state index in [4.69, 9.17) is 0 Å². The van der Waals surface area contributed by atoms with Gasteiger partial charge in [-0.1, -0.05) is 24.3 Å². The average molecular weight is 447 g/mol.